The van der Waals surface area contributed by atoms with Crippen LogP contribution in [0.4, 0.5) is 11.5 Å². The Bertz CT molecular complexity index is 993. The molecular formula is C21H20N6. The maximum Gasteiger partial charge on any atom is 0.134 e. The first-order valence-electron chi connectivity index (χ1n) is 8.97. The molecule has 0 radical (unpaired) electrons. The number of benzene rings is 1. The Morgan fingerprint density at radius 1 is 1.19 bits per heavy atom. The number of rotatable bonds is 4. The number of hydrogen-bond acceptors (Lipinski definition) is 6. The van der Waals surface area contributed by atoms with Crippen molar-refractivity contribution in [2.24, 2.45) is 0 Å². The molecule has 3 heterocycles. The van der Waals surface area contributed by atoms with E-state index in [0.29, 0.717) is 18.7 Å². The van der Waals surface area contributed by atoms with Crippen molar-refractivity contribution in [3.05, 3.63) is 77.0 Å². The van der Waals surface area contributed by atoms with Gasteiger partial charge in [0.15, 0.2) is 0 Å². The Morgan fingerprint density at radius 3 is 2.93 bits per heavy atom. The molecule has 6 nitrogen and oxygen atoms in total. The van der Waals surface area contributed by atoms with Crippen LogP contribution in [0.15, 0.2) is 48.9 Å². The summed E-state index contributed by atoms with van der Waals surface area (Å²) in [5.74, 6) is 0.834. The lowest BCUT2D eigenvalue weighted by molar-refractivity contribution is 0.705. The monoisotopic (exact) mass is 356 g/mol. The van der Waals surface area contributed by atoms with Gasteiger partial charge in [-0.3, -0.25) is 4.98 Å². The van der Waals surface area contributed by atoms with Crippen LogP contribution < -0.4 is 10.2 Å². The third kappa shape index (κ3) is 3.58. The van der Waals surface area contributed by atoms with Crippen LogP contribution in [-0.2, 0) is 19.5 Å². The molecule has 134 valence electrons. The molecule has 1 aliphatic heterocycles. The molecule has 1 aromatic carbocycles. The van der Waals surface area contributed by atoms with Gasteiger partial charge in [-0.05, 0) is 36.8 Å². The normalized spacial score (nSPS) is 13.0. The number of hydrogen-bond donors (Lipinski definition) is 1. The van der Waals surface area contributed by atoms with E-state index in [4.69, 9.17) is 0 Å². The second-order valence-electron chi connectivity index (χ2n) is 6.63. The second-order valence-corrected chi connectivity index (χ2v) is 6.63. The van der Waals surface area contributed by atoms with E-state index in [1.807, 2.05) is 43.3 Å². The fraction of sp³-hybridized carbons (Fsp3) is 0.238. The summed E-state index contributed by atoms with van der Waals surface area (Å²) in [6.45, 7) is 4.13. The van der Waals surface area contributed by atoms with Crippen molar-refractivity contribution >= 4 is 11.5 Å². The third-order valence-corrected chi connectivity index (χ3v) is 4.78. The summed E-state index contributed by atoms with van der Waals surface area (Å²) in [5, 5.41) is 12.9. The van der Waals surface area contributed by atoms with E-state index in [1.54, 1.807) is 12.5 Å². The number of anilines is 2. The van der Waals surface area contributed by atoms with Gasteiger partial charge in [0, 0.05) is 31.3 Å². The molecule has 0 unspecified atom stereocenters. The lowest BCUT2D eigenvalue weighted by atomic mass is 10.0. The molecule has 6 heteroatoms. The molecule has 2 aromatic heterocycles. The largest absolute Gasteiger partial charge is 0.366 e. The van der Waals surface area contributed by atoms with E-state index in [0.717, 1.165) is 47.0 Å². The van der Waals surface area contributed by atoms with Crippen LogP contribution in [-0.4, -0.2) is 21.5 Å². The molecule has 27 heavy (non-hydrogen) atoms. The Hall–Kier alpha value is -3.46. The SMILES string of the molecule is Cc1ccc(N2CCc3ncnc(NCc4ccccn4)c3C2)c(C#N)c1. The Balaban J connectivity index is 1.59. The van der Waals surface area contributed by atoms with Gasteiger partial charge in [0.05, 0.1) is 29.2 Å². The highest BCUT2D eigenvalue weighted by Crippen LogP contribution is 2.29. The zero-order valence-electron chi connectivity index (χ0n) is 15.2. The van der Waals surface area contributed by atoms with Crippen molar-refractivity contribution in [3.63, 3.8) is 0 Å². The fourth-order valence-electron chi connectivity index (χ4n) is 3.39. The zero-order chi connectivity index (χ0) is 18.6. The first-order valence-corrected chi connectivity index (χ1v) is 8.97. The van der Waals surface area contributed by atoms with Crippen LogP contribution >= 0.6 is 0 Å². The molecule has 1 aliphatic rings. The van der Waals surface area contributed by atoms with Gasteiger partial charge in [0.25, 0.3) is 0 Å². The highest BCUT2D eigenvalue weighted by molar-refractivity contribution is 5.62. The van der Waals surface area contributed by atoms with Gasteiger partial charge in [0.1, 0.15) is 18.2 Å². The van der Waals surface area contributed by atoms with E-state index in [-0.39, 0.29) is 0 Å². The van der Waals surface area contributed by atoms with Gasteiger partial charge in [-0.1, -0.05) is 12.1 Å². The maximum absolute atomic E-state index is 9.51. The molecular weight excluding hydrogens is 336 g/mol. The maximum atomic E-state index is 9.51. The van der Waals surface area contributed by atoms with Crippen molar-refractivity contribution in [1.29, 1.82) is 5.26 Å². The molecule has 0 amide bonds. The van der Waals surface area contributed by atoms with Gasteiger partial charge >= 0.3 is 0 Å². The van der Waals surface area contributed by atoms with Crippen LogP contribution in [0.3, 0.4) is 0 Å². The van der Waals surface area contributed by atoms with Crippen LogP contribution in [0.2, 0.25) is 0 Å². The number of nitrogens with one attached hydrogen (secondary N) is 1. The summed E-state index contributed by atoms with van der Waals surface area (Å²) in [6, 6.07) is 14.2. The van der Waals surface area contributed by atoms with E-state index >= 15 is 0 Å². The molecule has 0 spiro atoms. The summed E-state index contributed by atoms with van der Waals surface area (Å²) >= 11 is 0. The van der Waals surface area contributed by atoms with Gasteiger partial charge < -0.3 is 10.2 Å². The number of fused-ring (bicyclic) bond motifs is 1. The van der Waals surface area contributed by atoms with E-state index in [2.05, 4.69) is 31.2 Å². The van der Waals surface area contributed by atoms with Crippen molar-refractivity contribution in [2.45, 2.75) is 26.4 Å². The standard InChI is InChI=1S/C21H20N6/c1-15-5-6-20(16(10-15)11-22)27-9-7-19-18(13-27)21(26-14-25-19)24-12-17-4-2-3-8-23-17/h2-6,8,10,14H,7,9,12-13H2,1H3,(H,24,25,26). The van der Waals surface area contributed by atoms with Gasteiger partial charge in [-0.15, -0.1) is 0 Å². The average molecular weight is 356 g/mol. The smallest absolute Gasteiger partial charge is 0.134 e. The average Bonchev–Trinajstić information content (AvgIpc) is 2.72. The van der Waals surface area contributed by atoms with Crippen LogP contribution in [0, 0.1) is 18.3 Å². The highest BCUT2D eigenvalue weighted by Gasteiger charge is 2.23. The van der Waals surface area contributed by atoms with Crippen LogP contribution in [0.5, 0.6) is 0 Å². The summed E-state index contributed by atoms with van der Waals surface area (Å²) in [5.41, 5.74) is 5.88. The predicted molar refractivity (Wildman–Crippen MR) is 104 cm³/mol. The molecule has 0 saturated carbocycles. The van der Waals surface area contributed by atoms with Crippen molar-refractivity contribution < 1.29 is 0 Å². The number of pyridine rings is 1. The van der Waals surface area contributed by atoms with E-state index in [1.165, 1.54) is 0 Å². The van der Waals surface area contributed by atoms with E-state index in [9.17, 15) is 5.26 Å². The molecule has 0 bridgehead atoms. The molecule has 0 saturated heterocycles. The molecule has 1 N–H and O–H groups in total. The number of aryl methyl sites for hydroxylation is 1. The molecule has 0 aliphatic carbocycles. The highest BCUT2D eigenvalue weighted by atomic mass is 15.2. The quantitative estimate of drug-likeness (QED) is 0.773. The van der Waals surface area contributed by atoms with Crippen molar-refractivity contribution in [2.75, 3.05) is 16.8 Å². The number of nitrogens with zero attached hydrogens (tertiary/aromatic N) is 5. The Morgan fingerprint density at radius 2 is 2.11 bits per heavy atom. The molecule has 0 atom stereocenters. The zero-order valence-corrected chi connectivity index (χ0v) is 15.2. The Kier molecular flexibility index (Phi) is 4.67. The second kappa shape index (κ2) is 7.42. The summed E-state index contributed by atoms with van der Waals surface area (Å²) in [7, 11) is 0. The molecule has 3 aromatic rings. The number of aromatic nitrogens is 3. The summed E-state index contributed by atoms with van der Waals surface area (Å²) < 4.78 is 0. The number of nitriles is 1. The van der Waals surface area contributed by atoms with Gasteiger partial charge in [0.2, 0.25) is 0 Å². The minimum absolute atomic E-state index is 0.609. The minimum Gasteiger partial charge on any atom is -0.366 e. The lowest BCUT2D eigenvalue weighted by Gasteiger charge is -2.31. The first kappa shape index (κ1) is 17.0. The van der Waals surface area contributed by atoms with Crippen molar-refractivity contribution in [1.82, 2.24) is 15.0 Å². The summed E-state index contributed by atoms with van der Waals surface area (Å²) in [6.07, 6.45) is 4.23. The predicted octanol–water partition coefficient (Wildman–Crippen LogP) is 3.23. The van der Waals surface area contributed by atoms with Crippen LogP contribution in [0.1, 0.15) is 28.1 Å². The van der Waals surface area contributed by atoms with Gasteiger partial charge in [-0.25, -0.2) is 9.97 Å². The third-order valence-electron chi connectivity index (χ3n) is 4.78. The first-order chi connectivity index (χ1) is 13.2. The summed E-state index contributed by atoms with van der Waals surface area (Å²) in [4.78, 5) is 15.5. The lowest BCUT2D eigenvalue weighted by Crippen LogP contribution is -2.32. The topological polar surface area (TPSA) is 77.7 Å². The van der Waals surface area contributed by atoms with Crippen molar-refractivity contribution in [3.8, 4) is 6.07 Å². The molecule has 4 rings (SSSR count). The molecule has 0 fully saturated rings. The van der Waals surface area contributed by atoms with Gasteiger partial charge in [-0.2, -0.15) is 5.26 Å². The van der Waals surface area contributed by atoms with Crippen LogP contribution in [0.25, 0.3) is 0 Å². The Labute approximate surface area is 158 Å². The van der Waals surface area contributed by atoms with E-state index < -0.39 is 0 Å². The fourth-order valence-corrected chi connectivity index (χ4v) is 3.39. The minimum atomic E-state index is 0.609.